The van der Waals surface area contributed by atoms with E-state index >= 15 is 0 Å². The Kier molecular flexibility index (Phi) is 6.44. The van der Waals surface area contributed by atoms with Crippen LogP contribution in [0.4, 0.5) is 24.0 Å². The van der Waals surface area contributed by atoms with Crippen molar-refractivity contribution in [3.63, 3.8) is 0 Å². The van der Waals surface area contributed by atoms with Crippen molar-refractivity contribution in [3.05, 3.63) is 66.1 Å². The van der Waals surface area contributed by atoms with Crippen LogP contribution < -0.4 is 10.6 Å². The standard InChI is InChI=1S/C20H16F3N5O2S/c1-3-17(29)27-14-4-5-15(25-9-14)13-6-12(7-24-8-13)11(2)18(30)28-19-26-10-16(31-19)20(21,22)23/h3-11H,1H2,2H3,(H,27,29)(H,26,28,30). The summed E-state index contributed by atoms with van der Waals surface area (Å²) < 4.78 is 38.1. The van der Waals surface area contributed by atoms with E-state index in [1.807, 2.05) is 0 Å². The van der Waals surface area contributed by atoms with Crippen molar-refractivity contribution in [1.82, 2.24) is 15.0 Å². The van der Waals surface area contributed by atoms with Gasteiger partial charge in [-0.05, 0) is 36.8 Å². The van der Waals surface area contributed by atoms with Crippen LogP contribution in [0.15, 0.2) is 55.6 Å². The van der Waals surface area contributed by atoms with Gasteiger partial charge >= 0.3 is 6.18 Å². The highest BCUT2D eigenvalue weighted by atomic mass is 32.1. The first kappa shape index (κ1) is 22.1. The fourth-order valence-corrected chi connectivity index (χ4v) is 3.18. The van der Waals surface area contributed by atoms with E-state index in [-0.39, 0.29) is 11.0 Å². The highest BCUT2D eigenvalue weighted by Crippen LogP contribution is 2.35. The van der Waals surface area contributed by atoms with Crippen LogP contribution in [0.25, 0.3) is 11.3 Å². The lowest BCUT2D eigenvalue weighted by molar-refractivity contribution is -0.134. The third kappa shape index (κ3) is 5.51. The van der Waals surface area contributed by atoms with Gasteiger partial charge in [0.25, 0.3) is 0 Å². The lowest BCUT2D eigenvalue weighted by Gasteiger charge is -2.12. The largest absolute Gasteiger partial charge is 0.427 e. The summed E-state index contributed by atoms with van der Waals surface area (Å²) in [5.74, 6) is -1.57. The molecule has 0 bridgehead atoms. The summed E-state index contributed by atoms with van der Waals surface area (Å²) in [7, 11) is 0. The van der Waals surface area contributed by atoms with Gasteiger partial charge in [0.1, 0.15) is 4.88 Å². The Labute approximate surface area is 179 Å². The molecule has 2 N–H and O–H groups in total. The zero-order valence-electron chi connectivity index (χ0n) is 16.1. The minimum atomic E-state index is -4.51. The molecule has 11 heteroatoms. The molecule has 0 aliphatic heterocycles. The van der Waals surface area contributed by atoms with E-state index in [2.05, 4.69) is 32.2 Å². The number of aromatic nitrogens is 3. The average molecular weight is 447 g/mol. The first-order chi connectivity index (χ1) is 14.7. The number of pyridine rings is 2. The van der Waals surface area contributed by atoms with Crippen molar-refractivity contribution < 1.29 is 22.8 Å². The maximum Gasteiger partial charge on any atom is 0.427 e. The van der Waals surface area contributed by atoms with E-state index in [4.69, 9.17) is 0 Å². The third-order valence-corrected chi connectivity index (χ3v) is 5.14. The van der Waals surface area contributed by atoms with Gasteiger partial charge in [-0.25, -0.2) is 4.98 Å². The van der Waals surface area contributed by atoms with Crippen molar-refractivity contribution >= 4 is 34.0 Å². The van der Waals surface area contributed by atoms with Gasteiger partial charge in [-0.3, -0.25) is 19.6 Å². The highest BCUT2D eigenvalue weighted by Gasteiger charge is 2.33. The highest BCUT2D eigenvalue weighted by molar-refractivity contribution is 7.15. The number of halogens is 3. The molecule has 2 amide bonds. The quantitative estimate of drug-likeness (QED) is 0.543. The summed E-state index contributed by atoms with van der Waals surface area (Å²) >= 11 is 0.358. The van der Waals surface area contributed by atoms with Gasteiger partial charge < -0.3 is 10.6 Å². The zero-order valence-corrected chi connectivity index (χ0v) is 16.9. The monoisotopic (exact) mass is 447 g/mol. The Bertz CT molecular complexity index is 1110. The van der Waals surface area contributed by atoms with Crippen LogP contribution >= 0.6 is 11.3 Å². The van der Waals surface area contributed by atoms with Crippen molar-refractivity contribution in [2.75, 3.05) is 10.6 Å². The van der Waals surface area contributed by atoms with Crippen molar-refractivity contribution in [2.24, 2.45) is 0 Å². The number of hydrogen-bond acceptors (Lipinski definition) is 6. The maximum atomic E-state index is 12.7. The smallest absolute Gasteiger partial charge is 0.321 e. The summed E-state index contributed by atoms with van der Waals surface area (Å²) in [5.41, 5.74) is 2.24. The number of anilines is 2. The van der Waals surface area contributed by atoms with E-state index in [9.17, 15) is 22.8 Å². The second-order valence-electron chi connectivity index (χ2n) is 6.37. The van der Waals surface area contributed by atoms with Crippen LogP contribution in [0.1, 0.15) is 23.3 Å². The molecular formula is C20H16F3N5O2S. The Morgan fingerprint density at radius 1 is 1.13 bits per heavy atom. The van der Waals surface area contributed by atoms with Gasteiger partial charge in [-0.1, -0.05) is 17.9 Å². The molecule has 7 nitrogen and oxygen atoms in total. The van der Waals surface area contributed by atoms with Gasteiger partial charge in [0.15, 0.2) is 5.13 Å². The molecule has 3 heterocycles. The number of rotatable bonds is 6. The number of nitrogens with zero attached hydrogens (tertiary/aromatic N) is 3. The van der Waals surface area contributed by atoms with E-state index < -0.39 is 22.9 Å². The fraction of sp³-hybridized carbons (Fsp3) is 0.150. The van der Waals surface area contributed by atoms with Crippen molar-refractivity contribution in [3.8, 4) is 11.3 Å². The fourth-order valence-electron chi connectivity index (χ4n) is 2.49. The van der Waals surface area contributed by atoms with Crippen LogP contribution in [-0.2, 0) is 15.8 Å². The SMILES string of the molecule is C=CC(=O)Nc1ccc(-c2cncc(C(C)C(=O)Nc3ncc(C(F)(F)F)s3)c2)nc1. The number of carbonyl (C=O) groups excluding carboxylic acids is 2. The van der Waals surface area contributed by atoms with Gasteiger partial charge in [-0.15, -0.1) is 0 Å². The second kappa shape index (κ2) is 9.04. The molecule has 0 aliphatic rings. The first-order valence-corrected chi connectivity index (χ1v) is 9.67. The molecule has 0 radical (unpaired) electrons. The number of carbonyl (C=O) groups is 2. The minimum absolute atomic E-state index is 0.132. The molecule has 3 aromatic heterocycles. The summed E-state index contributed by atoms with van der Waals surface area (Å²) in [4.78, 5) is 34.9. The molecule has 0 spiro atoms. The van der Waals surface area contributed by atoms with Gasteiger partial charge in [-0.2, -0.15) is 13.2 Å². The Hall–Kier alpha value is -3.60. The Balaban J connectivity index is 1.73. The summed E-state index contributed by atoms with van der Waals surface area (Å²) in [5, 5.41) is 4.85. The van der Waals surface area contributed by atoms with Crippen LogP contribution in [0, 0.1) is 0 Å². The molecule has 3 rings (SSSR count). The van der Waals surface area contributed by atoms with E-state index in [1.165, 1.54) is 12.4 Å². The van der Waals surface area contributed by atoms with Crippen LogP contribution in [0.5, 0.6) is 0 Å². The number of alkyl halides is 3. The Morgan fingerprint density at radius 3 is 2.52 bits per heavy atom. The molecule has 1 atom stereocenters. The van der Waals surface area contributed by atoms with E-state index in [0.717, 1.165) is 6.08 Å². The molecule has 31 heavy (non-hydrogen) atoms. The average Bonchev–Trinajstić information content (AvgIpc) is 3.23. The normalized spacial score (nSPS) is 12.1. The van der Waals surface area contributed by atoms with Gasteiger partial charge in [0.2, 0.25) is 11.8 Å². The number of thiazole rings is 1. The van der Waals surface area contributed by atoms with Crippen molar-refractivity contribution in [1.29, 1.82) is 0 Å². The molecule has 3 aromatic rings. The molecule has 160 valence electrons. The molecule has 0 saturated carbocycles. The predicted octanol–water partition coefficient (Wildman–Crippen LogP) is 4.49. The lowest BCUT2D eigenvalue weighted by Crippen LogP contribution is -2.19. The molecule has 1 unspecified atom stereocenters. The molecular weight excluding hydrogens is 431 g/mol. The van der Waals surface area contributed by atoms with E-state index in [0.29, 0.717) is 40.0 Å². The van der Waals surface area contributed by atoms with Crippen molar-refractivity contribution in [2.45, 2.75) is 19.0 Å². The molecule has 0 aromatic carbocycles. The van der Waals surface area contributed by atoms with Crippen LogP contribution in [-0.4, -0.2) is 26.8 Å². The van der Waals surface area contributed by atoms with Crippen LogP contribution in [0.2, 0.25) is 0 Å². The zero-order chi connectivity index (χ0) is 22.6. The van der Waals surface area contributed by atoms with Crippen LogP contribution in [0.3, 0.4) is 0 Å². The Morgan fingerprint density at radius 2 is 1.90 bits per heavy atom. The molecule has 0 saturated heterocycles. The summed E-state index contributed by atoms with van der Waals surface area (Å²) in [6, 6.07) is 5.05. The lowest BCUT2D eigenvalue weighted by atomic mass is 10.00. The number of hydrogen-bond donors (Lipinski definition) is 2. The predicted molar refractivity (Wildman–Crippen MR) is 110 cm³/mol. The topological polar surface area (TPSA) is 96.9 Å². The molecule has 0 aliphatic carbocycles. The molecule has 0 fully saturated rings. The maximum absolute atomic E-state index is 12.7. The number of nitrogens with one attached hydrogen (secondary N) is 2. The summed E-state index contributed by atoms with van der Waals surface area (Å²) in [6.07, 6.45) is 1.84. The van der Waals surface area contributed by atoms with Gasteiger partial charge in [0, 0.05) is 18.0 Å². The number of amides is 2. The second-order valence-corrected chi connectivity index (χ2v) is 7.40. The summed E-state index contributed by atoms with van der Waals surface area (Å²) in [6.45, 7) is 4.98. The van der Waals surface area contributed by atoms with E-state index in [1.54, 1.807) is 31.3 Å². The first-order valence-electron chi connectivity index (χ1n) is 8.86. The third-order valence-electron chi connectivity index (χ3n) is 4.18. The van der Waals surface area contributed by atoms with Gasteiger partial charge in [0.05, 0.1) is 29.7 Å². The minimum Gasteiger partial charge on any atom is -0.321 e.